The molecule has 0 spiro atoms. The van der Waals surface area contributed by atoms with Gasteiger partial charge in [-0.05, 0) is 49.9 Å². The third-order valence-corrected chi connectivity index (χ3v) is 6.59. The summed E-state index contributed by atoms with van der Waals surface area (Å²) < 4.78 is 10.9. The zero-order valence-corrected chi connectivity index (χ0v) is 18.8. The van der Waals surface area contributed by atoms with Crippen molar-refractivity contribution in [3.05, 3.63) is 40.5 Å². The molecule has 1 aromatic carbocycles. The fraction of sp³-hybridized carbons (Fsp3) is 0.435. The van der Waals surface area contributed by atoms with E-state index in [-0.39, 0.29) is 0 Å². The molecular formula is C23H27N3O5S. The highest BCUT2D eigenvalue weighted by molar-refractivity contribution is 7.18. The summed E-state index contributed by atoms with van der Waals surface area (Å²) in [5.74, 6) is 4.19. The maximum absolute atomic E-state index is 8.56. The van der Waals surface area contributed by atoms with E-state index < -0.39 is 6.16 Å². The van der Waals surface area contributed by atoms with Gasteiger partial charge in [-0.3, -0.25) is 0 Å². The first-order chi connectivity index (χ1) is 15.5. The number of aromatic nitrogens is 2. The molecule has 1 saturated carbocycles. The maximum atomic E-state index is 8.56. The second kappa shape index (κ2) is 10.0. The molecule has 0 amide bonds. The molecule has 32 heavy (non-hydrogen) atoms. The molecular weight excluding hydrogens is 430 g/mol. The second-order valence-corrected chi connectivity index (χ2v) is 9.22. The van der Waals surface area contributed by atoms with E-state index in [1.54, 1.807) is 11.3 Å². The van der Waals surface area contributed by atoms with Gasteiger partial charge in [-0.15, -0.1) is 11.3 Å². The van der Waals surface area contributed by atoms with Gasteiger partial charge in [0.05, 0.1) is 5.39 Å². The molecule has 2 aliphatic rings. The van der Waals surface area contributed by atoms with Gasteiger partial charge in [0.2, 0.25) is 6.79 Å². The van der Waals surface area contributed by atoms with Crippen LogP contribution in [0.1, 0.15) is 54.3 Å². The zero-order valence-electron chi connectivity index (χ0n) is 18.0. The smallest absolute Gasteiger partial charge is 0.454 e. The number of thiophene rings is 1. The van der Waals surface area contributed by atoms with Gasteiger partial charge in [0.15, 0.2) is 11.5 Å². The molecule has 3 aromatic rings. The first-order valence-electron chi connectivity index (χ1n) is 10.8. The predicted molar refractivity (Wildman–Crippen MR) is 123 cm³/mol. The van der Waals surface area contributed by atoms with Crippen LogP contribution in [-0.4, -0.2) is 39.7 Å². The summed E-state index contributed by atoms with van der Waals surface area (Å²) in [5.41, 5.74) is 1.23. The first-order valence-corrected chi connectivity index (χ1v) is 11.6. The Kier molecular flexibility index (Phi) is 6.94. The molecule has 9 heteroatoms. The normalized spacial score (nSPS) is 15.3. The Hall–Kier alpha value is -3.07. The number of hydrogen-bond donors (Lipinski definition) is 3. The average molecular weight is 458 g/mol. The second-order valence-electron chi connectivity index (χ2n) is 7.99. The summed E-state index contributed by atoms with van der Waals surface area (Å²) in [5, 5.41) is 18.7. The van der Waals surface area contributed by atoms with Crippen LogP contribution in [0.5, 0.6) is 11.5 Å². The van der Waals surface area contributed by atoms with E-state index >= 15 is 0 Å². The van der Waals surface area contributed by atoms with Crippen LogP contribution in [0.25, 0.3) is 10.2 Å². The summed E-state index contributed by atoms with van der Waals surface area (Å²) >= 11 is 1.77. The van der Waals surface area contributed by atoms with Gasteiger partial charge in [-0.25, -0.2) is 14.8 Å². The van der Waals surface area contributed by atoms with E-state index in [1.807, 2.05) is 6.07 Å². The Balaban J connectivity index is 0.000000567. The number of anilines is 1. The van der Waals surface area contributed by atoms with Crippen molar-refractivity contribution >= 4 is 33.5 Å². The number of carbonyl (C=O) groups is 1. The molecule has 170 valence electrons. The molecule has 5 rings (SSSR count). The quantitative estimate of drug-likeness (QED) is 0.450. The third kappa shape index (κ3) is 5.40. The van der Waals surface area contributed by atoms with Gasteiger partial charge in [0.25, 0.3) is 0 Å². The molecule has 0 saturated heterocycles. The lowest BCUT2D eigenvalue weighted by Gasteiger charge is -2.21. The number of nitrogens with zero attached hydrogens (tertiary/aromatic N) is 2. The summed E-state index contributed by atoms with van der Waals surface area (Å²) in [7, 11) is 0. The van der Waals surface area contributed by atoms with Crippen molar-refractivity contribution in [3.8, 4) is 11.5 Å². The lowest BCUT2D eigenvalue weighted by atomic mass is 9.89. The molecule has 2 aromatic heterocycles. The van der Waals surface area contributed by atoms with E-state index in [4.69, 9.17) is 34.4 Å². The molecule has 3 N–H and O–H groups in total. The number of aryl methyl sites for hydroxylation is 1. The lowest BCUT2D eigenvalue weighted by Crippen LogP contribution is -2.12. The van der Waals surface area contributed by atoms with Crippen molar-refractivity contribution in [1.82, 2.24) is 9.97 Å². The van der Waals surface area contributed by atoms with Gasteiger partial charge >= 0.3 is 6.16 Å². The molecule has 0 radical (unpaired) electrons. The number of rotatable bonds is 5. The predicted octanol–water partition coefficient (Wildman–Crippen LogP) is 5.65. The van der Waals surface area contributed by atoms with E-state index in [9.17, 15) is 0 Å². The number of carboxylic acid groups (broad SMARTS) is 2. The van der Waals surface area contributed by atoms with Crippen LogP contribution >= 0.6 is 11.3 Å². The molecule has 0 unspecified atom stereocenters. The average Bonchev–Trinajstić information content (AvgIpc) is 3.39. The fourth-order valence-electron chi connectivity index (χ4n) is 4.16. The minimum atomic E-state index is -1.83. The summed E-state index contributed by atoms with van der Waals surface area (Å²) in [4.78, 5) is 20.8. The molecule has 8 nitrogen and oxygen atoms in total. The number of nitrogens with one attached hydrogen (secondary N) is 1. The van der Waals surface area contributed by atoms with Crippen molar-refractivity contribution in [2.45, 2.75) is 51.4 Å². The third-order valence-electron chi connectivity index (χ3n) is 5.65. The monoisotopic (exact) mass is 457 g/mol. The molecule has 1 fully saturated rings. The summed E-state index contributed by atoms with van der Waals surface area (Å²) in [6.07, 6.45) is 5.44. The molecule has 0 atom stereocenters. The summed E-state index contributed by atoms with van der Waals surface area (Å²) in [6, 6.07) is 8.37. The molecule has 1 aliphatic heterocycles. The van der Waals surface area contributed by atoms with Gasteiger partial charge < -0.3 is 25.0 Å². The van der Waals surface area contributed by atoms with Gasteiger partial charge in [-0.2, -0.15) is 0 Å². The van der Waals surface area contributed by atoms with Crippen LogP contribution in [0, 0.1) is 6.92 Å². The molecule has 3 heterocycles. The Morgan fingerprint density at radius 2 is 1.88 bits per heavy atom. The highest BCUT2D eigenvalue weighted by atomic mass is 32.1. The molecule has 0 bridgehead atoms. The van der Waals surface area contributed by atoms with Crippen LogP contribution in [0.15, 0.2) is 24.3 Å². The number of hydrogen-bond acceptors (Lipinski definition) is 7. The van der Waals surface area contributed by atoms with E-state index in [0.717, 1.165) is 46.3 Å². The van der Waals surface area contributed by atoms with Crippen molar-refractivity contribution in [1.29, 1.82) is 0 Å². The summed E-state index contributed by atoms with van der Waals surface area (Å²) in [6.45, 7) is 3.28. The standard InChI is InChI=1S/C22H25N3O2S.CH2O3/c1-14-11-17-21(23-10-9-15-7-8-18-19(12-15)27-13-26-18)24-20(25-22(17)28-14)16-5-3-2-4-6-16;2-1(3)4/h7-8,11-12,16H,2-6,9-10,13H2,1H3,(H,23,24,25);(H2,2,3,4). The van der Waals surface area contributed by atoms with E-state index in [1.165, 1.54) is 42.5 Å². The lowest BCUT2D eigenvalue weighted by molar-refractivity contribution is 0.137. The highest BCUT2D eigenvalue weighted by Crippen LogP contribution is 2.35. The van der Waals surface area contributed by atoms with Gasteiger partial charge in [0.1, 0.15) is 16.5 Å². The largest absolute Gasteiger partial charge is 0.503 e. The number of fused-ring (bicyclic) bond motifs is 2. The minimum absolute atomic E-state index is 0.317. The van der Waals surface area contributed by atoms with Crippen molar-refractivity contribution < 1.29 is 24.5 Å². The van der Waals surface area contributed by atoms with Crippen LogP contribution in [-0.2, 0) is 6.42 Å². The van der Waals surface area contributed by atoms with Crippen LogP contribution in [0.2, 0.25) is 0 Å². The first kappa shape index (κ1) is 22.1. The Morgan fingerprint density at radius 1 is 1.12 bits per heavy atom. The van der Waals surface area contributed by atoms with Crippen LogP contribution in [0.4, 0.5) is 10.6 Å². The zero-order chi connectivity index (χ0) is 22.5. The van der Waals surface area contributed by atoms with Crippen LogP contribution < -0.4 is 14.8 Å². The van der Waals surface area contributed by atoms with Crippen molar-refractivity contribution in [2.75, 3.05) is 18.7 Å². The maximum Gasteiger partial charge on any atom is 0.503 e. The number of benzene rings is 1. The van der Waals surface area contributed by atoms with Gasteiger partial charge in [-0.1, -0.05) is 25.3 Å². The SMILES string of the molecule is Cc1cc2c(NCCc3ccc4c(c3)OCO4)nc(C3CCCCC3)nc2s1.O=C(O)O. The Bertz CT molecular complexity index is 1090. The minimum Gasteiger partial charge on any atom is -0.454 e. The van der Waals surface area contributed by atoms with E-state index in [2.05, 4.69) is 30.4 Å². The highest BCUT2D eigenvalue weighted by Gasteiger charge is 2.21. The molecule has 1 aliphatic carbocycles. The van der Waals surface area contributed by atoms with Gasteiger partial charge in [0, 0.05) is 17.3 Å². The van der Waals surface area contributed by atoms with Crippen LogP contribution in [0.3, 0.4) is 0 Å². The Labute approximate surface area is 190 Å². The Morgan fingerprint density at radius 3 is 2.66 bits per heavy atom. The number of ether oxygens (including phenoxy) is 2. The van der Waals surface area contributed by atoms with Crippen molar-refractivity contribution in [3.63, 3.8) is 0 Å². The van der Waals surface area contributed by atoms with E-state index in [0.29, 0.717) is 12.7 Å². The topological polar surface area (TPSA) is 114 Å². The fourth-order valence-corrected chi connectivity index (χ4v) is 5.04. The van der Waals surface area contributed by atoms with Crippen molar-refractivity contribution in [2.24, 2.45) is 0 Å².